The summed E-state index contributed by atoms with van der Waals surface area (Å²) in [7, 11) is 0. The highest BCUT2D eigenvalue weighted by atomic mass is 35.5. The van der Waals surface area contributed by atoms with Crippen LogP contribution in [0.5, 0.6) is 5.75 Å². The number of carbonyl (C=O) groups is 1. The number of nitrogens with two attached hydrogens (primary N) is 1. The van der Waals surface area contributed by atoms with Crippen LogP contribution in [0, 0.1) is 0 Å². The number of benzene rings is 1. The van der Waals surface area contributed by atoms with Crippen molar-refractivity contribution in [3.63, 3.8) is 0 Å². The lowest BCUT2D eigenvalue weighted by atomic mass is 10.1. The number of aromatic hydroxyl groups is 1. The Balaban J connectivity index is 3.22. The fourth-order valence-electron chi connectivity index (χ4n) is 0.946. The average Bonchev–Trinajstić information content (AvgIpc) is 2.10. The molecule has 0 radical (unpaired) electrons. The lowest BCUT2D eigenvalue weighted by molar-refractivity contribution is -0.136. The van der Waals surface area contributed by atoms with Gasteiger partial charge in [0.05, 0.1) is 5.02 Å². The van der Waals surface area contributed by atoms with E-state index in [0.29, 0.717) is 0 Å². The molecule has 1 rings (SSSR count). The number of hydrogen-bond acceptors (Lipinski definition) is 3. The van der Waals surface area contributed by atoms with E-state index < -0.39 is 11.3 Å². The number of phenolic OH excluding ortho intramolecular Hbond substituents is 1. The maximum Gasteiger partial charge on any atom is 0.326 e. The smallest absolute Gasteiger partial charge is 0.326 e. The fourth-order valence-corrected chi connectivity index (χ4v) is 1.31. The summed E-state index contributed by atoms with van der Waals surface area (Å²) in [6.07, 6.45) is 0. The summed E-state index contributed by atoms with van der Waals surface area (Å²) in [6, 6.07) is 2.40. The van der Waals surface area contributed by atoms with Crippen molar-refractivity contribution in [1.29, 1.82) is 0 Å². The molecule has 0 heterocycles. The number of hydrogen-bond donors (Lipinski definition) is 3. The molecule has 4 nitrogen and oxygen atoms in total. The first-order valence-electron chi connectivity index (χ1n) is 3.58. The van der Waals surface area contributed by atoms with Crippen molar-refractivity contribution in [3.8, 4) is 5.75 Å². The second kappa shape index (κ2) is 3.94. The van der Waals surface area contributed by atoms with Crippen LogP contribution in [0.2, 0.25) is 5.02 Å². The molecule has 0 aliphatic rings. The molecule has 0 aliphatic heterocycles. The highest BCUT2D eigenvalue weighted by Crippen LogP contribution is 2.34. The number of anilines is 1. The Hall–Kier alpha value is -1.13. The Kier molecular flexibility index (Phi) is 3.08. The molecular formula is C8H7Cl2NO3. The van der Waals surface area contributed by atoms with Crippen molar-refractivity contribution in [2.24, 2.45) is 0 Å². The Morgan fingerprint density at radius 3 is 2.57 bits per heavy atom. The summed E-state index contributed by atoms with van der Waals surface area (Å²) in [5.74, 6) is -1.48. The molecule has 6 heteroatoms. The van der Waals surface area contributed by atoms with Crippen LogP contribution in [-0.2, 0) is 4.79 Å². The molecule has 1 atom stereocenters. The maximum atomic E-state index is 10.5. The van der Waals surface area contributed by atoms with Crippen LogP contribution in [0.4, 0.5) is 5.69 Å². The molecule has 0 aromatic heterocycles. The summed E-state index contributed by atoms with van der Waals surface area (Å²) >= 11 is 11.1. The maximum absolute atomic E-state index is 10.5. The molecule has 0 saturated heterocycles. The van der Waals surface area contributed by atoms with Crippen molar-refractivity contribution >= 4 is 34.9 Å². The predicted molar refractivity (Wildman–Crippen MR) is 53.8 cm³/mol. The van der Waals surface area contributed by atoms with E-state index >= 15 is 0 Å². The molecule has 0 bridgehead atoms. The van der Waals surface area contributed by atoms with Gasteiger partial charge in [-0.3, -0.25) is 4.79 Å². The third kappa shape index (κ3) is 2.02. The van der Waals surface area contributed by atoms with E-state index in [2.05, 4.69) is 0 Å². The minimum absolute atomic E-state index is 0.0560. The monoisotopic (exact) mass is 235 g/mol. The van der Waals surface area contributed by atoms with Crippen molar-refractivity contribution in [2.75, 3.05) is 5.73 Å². The van der Waals surface area contributed by atoms with E-state index in [-0.39, 0.29) is 22.0 Å². The van der Waals surface area contributed by atoms with E-state index in [1.165, 1.54) is 6.07 Å². The van der Waals surface area contributed by atoms with Crippen molar-refractivity contribution in [1.82, 2.24) is 0 Å². The molecule has 1 aromatic carbocycles. The van der Waals surface area contributed by atoms with Gasteiger partial charge in [-0.1, -0.05) is 11.6 Å². The molecule has 1 aromatic rings. The van der Waals surface area contributed by atoms with E-state index in [4.69, 9.17) is 34.0 Å². The Labute approximate surface area is 89.9 Å². The minimum atomic E-state index is -1.29. The van der Waals surface area contributed by atoms with E-state index in [0.717, 1.165) is 6.07 Å². The fraction of sp³-hybridized carbons (Fsp3) is 0.125. The molecule has 4 N–H and O–H groups in total. The van der Waals surface area contributed by atoms with Crippen LogP contribution in [-0.4, -0.2) is 16.2 Å². The average molecular weight is 236 g/mol. The van der Waals surface area contributed by atoms with Gasteiger partial charge in [-0.15, -0.1) is 11.6 Å². The second-order valence-corrected chi connectivity index (χ2v) is 3.48. The van der Waals surface area contributed by atoms with Crippen molar-refractivity contribution in [2.45, 2.75) is 5.38 Å². The van der Waals surface area contributed by atoms with Crippen LogP contribution in [0.15, 0.2) is 12.1 Å². The zero-order chi connectivity index (χ0) is 10.9. The molecule has 1 unspecified atom stereocenters. The second-order valence-electron chi connectivity index (χ2n) is 2.63. The molecule has 14 heavy (non-hydrogen) atoms. The first kappa shape index (κ1) is 10.9. The summed E-state index contributed by atoms with van der Waals surface area (Å²) in [6.45, 7) is 0. The van der Waals surface area contributed by atoms with Gasteiger partial charge in [-0.05, 0) is 12.1 Å². The minimum Gasteiger partial charge on any atom is -0.506 e. The molecule has 0 aliphatic carbocycles. The number of phenols is 1. The van der Waals surface area contributed by atoms with Gasteiger partial charge in [-0.2, -0.15) is 0 Å². The quantitative estimate of drug-likeness (QED) is 0.416. The largest absolute Gasteiger partial charge is 0.506 e. The van der Waals surface area contributed by atoms with Crippen LogP contribution in [0.1, 0.15) is 10.9 Å². The molecular weight excluding hydrogens is 229 g/mol. The van der Waals surface area contributed by atoms with Gasteiger partial charge in [0, 0.05) is 11.3 Å². The number of aliphatic carboxylic acids is 1. The molecule has 0 amide bonds. The molecule has 76 valence electrons. The van der Waals surface area contributed by atoms with Gasteiger partial charge >= 0.3 is 5.97 Å². The Morgan fingerprint density at radius 2 is 2.07 bits per heavy atom. The lowest BCUT2D eigenvalue weighted by Crippen LogP contribution is -2.07. The number of alkyl halides is 1. The number of carboxylic acid groups (broad SMARTS) is 1. The van der Waals surface area contributed by atoms with Gasteiger partial charge in [0.2, 0.25) is 0 Å². The van der Waals surface area contributed by atoms with E-state index in [1.54, 1.807) is 0 Å². The number of carboxylic acids is 1. The van der Waals surface area contributed by atoms with Gasteiger partial charge < -0.3 is 15.9 Å². The molecule has 0 saturated carbocycles. The summed E-state index contributed by atoms with van der Waals surface area (Å²) in [5.41, 5.74) is 5.75. The highest BCUT2D eigenvalue weighted by molar-refractivity contribution is 6.33. The van der Waals surface area contributed by atoms with Gasteiger partial charge in [0.25, 0.3) is 0 Å². The first-order valence-corrected chi connectivity index (χ1v) is 4.39. The van der Waals surface area contributed by atoms with Gasteiger partial charge in [-0.25, -0.2) is 0 Å². The van der Waals surface area contributed by atoms with Crippen LogP contribution >= 0.6 is 23.2 Å². The number of nitrogen functional groups attached to an aromatic ring is 1. The predicted octanol–water partition coefficient (Wildman–Crippen LogP) is 1.99. The first-order chi connectivity index (χ1) is 6.43. The van der Waals surface area contributed by atoms with Crippen LogP contribution in [0.25, 0.3) is 0 Å². The summed E-state index contributed by atoms with van der Waals surface area (Å²) in [5, 5.41) is 16.6. The highest BCUT2D eigenvalue weighted by Gasteiger charge is 2.20. The summed E-state index contributed by atoms with van der Waals surface area (Å²) in [4.78, 5) is 10.5. The third-order valence-electron chi connectivity index (χ3n) is 1.64. The Morgan fingerprint density at radius 1 is 1.50 bits per heavy atom. The number of halogens is 2. The third-order valence-corrected chi connectivity index (χ3v) is 2.37. The Bertz CT molecular complexity index is 381. The van der Waals surface area contributed by atoms with Gasteiger partial charge in [0.1, 0.15) is 5.75 Å². The van der Waals surface area contributed by atoms with Crippen molar-refractivity contribution < 1.29 is 15.0 Å². The standard InChI is InChI=1S/C8H7Cl2NO3/c9-4-2-5(11)3(1-6(4)12)7(10)8(13)14/h1-2,7,12H,11H2,(H,13,14). The zero-order valence-corrected chi connectivity index (χ0v) is 8.38. The van der Waals surface area contributed by atoms with E-state index in [1.807, 2.05) is 0 Å². The van der Waals surface area contributed by atoms with Crippen LogP contribution in [0.3, 0.4) is 0 Å². The lowest BCUT2D eigenvalue weighted by Gasteiger charge is -2.09. The van der Waals surface area contributed by atoms with Crippen LogP contribution < -0.4 is 5.73 Å². The topological polar surface area (TPSA) is 83.5 Å². The molecule has 0 fully saturated rings. The van der Waals surface area contributed by atoms with E-state index in [9.17, 15) is 9.90 Å². The number of rotatable bonds is 2. The summed E-state index contributed by atoms with van der Waals surface area (Å²) < 4.78 is 0. The normalized spacial score (nSPS) is 12.4. The van der Waals surface area contributed by atoms with Gasteiger partial charge in [0.15, 0.2) is 5.38 Å². The SMILES string of the molecule is Nc1cc(Cl)c(O)cc1C(Cl)C(=O)O. The van der Waals surface area contributed by atoms with Crippen molar-refractivity contribution in [3.05, 3.63) is 22.7 Å². The zero-order valence-electron chi connectivity index (χ0n) is 6.87. The molecule has 0 spiro atoms.